The molecule has 0 amide bonds. The van der Waals surface area contributed by atoms with Crippen molar-refractivity contribution < 1.29 is 22.7 Å². The van der Waals surface area contributed by atoms with Crippen LogP contribution in [0.15, 0.2) is 18.2 Å². The number of benzene rings is 1. The Labute approximate surface area is 102 Å². The van der Waals surface area contributed by atoms with E-state index in [0.717, 1.165) is 12.1 Å². The highest BCUT2D eigenvalue weighted by Gasteiger charge is 2.41. The van der Waals surface area contributed by atoms with Crippen molar-refractivity contribution in [1.82, 2.24) is 0 Å². The SMILES string of the molecule is COC(=O)C1(C)Cc2cc(C(F)(F)F)ccc2N1. The maximum Gasteiger partial charge on any atom is 0.416 e. The molecule has 0 fully saturated rings. The van der Waals surface area contributed by atoms with Gasteiger partial charge in [-0.25, -0.2) is 4.79 Å². The second-order valence-electron chi connectivity index (χ2n) is 4.50. The molecule has 0 bridgehead atoms. The molecule has 0 spiro atoms. The molecular formula is C12H12F3NO2. The van der Waals surface area contributed by atoms with E-state index in [2.05, 4.69) is 10.1 Å². The summed E-state index contributed by atoms with van der Waals surface area (Å²) in [5, 5.41) is 2.90. The van der Waals surface area contributed by atoms with E-state index >= 15 is 0 Å². The van der Waals surface area contributed by atoms with Crippen LogP contribution in [0.4, 0.5) is 18.9 Å². The van der Waals surface area contributed by atoms with Crippen LogP contribution < -0.4 is 5.32 Å². The second kappa shape index (κ2) is 3.90. The van der Waals surface area contributed by atoms with Gasteiger partial charge in [0.15, 0.2) is 0 Å². The van der Waals surface area contributed by atoms with Gasteiger partial charge in [-0.05, 0) is 30.7 Å². The standard InChI is InChI=1S/C12H12F3NO2/c1-11(10(17)18-2)6-7-5-8(12(13,14)15)3-4-9(7)16-11/h3-5,16H,6H2,1-2H3. The van der Waals surface area contributed by atoms with E-state index in [4.69, 9.17) is 0 Å². The number of carbonyl (C=O) groups is 1. The molecule has 98 valence electrons. The largest absolute Gasteiger partial charge is 0.467 e. The monoisotopic (exact) mass is 259 g/mol. The fraction of sp³-hybridized carbons (Fsp3) is 0.417. The van der Waals surface area contributed by atoms with Crippen LogP contribution in [-0.2, 0) is 22.1 Å². The molecule has 1 heterocycles. The maximum absolute atomic E-state index is 12.6. The lowest BCUT2D eigenvalue weighted by atomic mass is 9.97. The van der Waals surface area contributed by atoms with Crippen molar-refractivity contribution in [3.8, 4) is 0 Å². The first-order chi connectivity index (χ1) is 8.26. The van der Waals surface area contributed by atoms with Gasteiger partial charge in [-0.15, -0.1) is 0 Å². The molecule has 0 aromatic heterocycles. The molecule has 1 aromatic carbocycles. The summed E-state index contributed by atoms with van der Waals surface area (Å²) in [5.74, 6) is -0.493. The summed E-state index contributed by atoms with van der Waals surface area (Å²) < 4.78 is 42.3. The van der Waals surface area contributed by atoms with E-state index in [9.17, 15) is 18.0 Å². The van der Waals surface area contributed by atoms with Gasteiger partial charge in [-0.1, -0.05) is 0 Å². The summed E-state index contributed by atoms with van der Waals surface area (Å²) in [7, 11) is 1.25. The van der Waals surface area contributed by atoms with E-state index in [1.54, 1.807) is 6.92 Å². The lowest BCUT2D eigenvalue weighted by Gasteiger charge is -2.21. The van der Waals surface area contributed by atoms with Gasteiger partial charge in [0.1, 0.15) is 5.54 Å². The van der Waals surface area contributed by atoms with Crippen molar-refractivity contribution in [2.45, 2.75) is 25.1 Å². The molecule has 1 atom stereocenters. The minimum atomic E-state index is -4.38. The molecule has 1 aliphatic rings. The molecule has 6 heteroatoms. The number of carbonyl (C=O) groups excluding carboxylic acids is 1. The van der Waals surface area contributed by atoms with Gasteiger partial charge in [0.2, 0.25) is 0 Å². The van der Waals surface area contributed by atoms with Gasteiger partial charge in [-0.3, -0.25) is 0 Å². The zero-order valence-corrected chi connectivity index (χ0v) is 9.89. The van der Waals surface area contributed by atoms with E-state index in [-0.39, 0.29) is 6.42 Å². The number of ether oxygens (including phenoxy) is 1. The number of methoxy groups -OCH3 is 1. The molecule has 1 unspecified atom stereocenters. The highest BCUT2D eigenvalue weighted by molar-refractivity contribution is 5.87. The Morgan fingerprint density at radius 3 is 2.67 bits per heavy atom. The minimum absolute atomic E-state index is 0.179. The second-order valence-corrected chi connectivity index (χ2v) is 4.50. The average molecular weight is 259 g/mol. The molecule has 1 N–H and O–H groups in total. The van der Waals surface area contributed by atoms with Gasteiger partial charge >= 0.3 is 12.1 Å². The van der Waals surface area contributed by atoms with Crippen molar-refractivity contribution in [1.29, 1.82) is 0 Å². The third-order valence-corrected chi connectivity index (χ3v) is 3.02. The Morgan fingerprint density at radius 2 is 2.11 bits per heavy atom. The summed E-state index contributed by atoms with van der Waals surface area (Å²) in [4.78, 5) is 11.6. The number of hydrogen-bond acceptors (Lipinski definition) is 3. The first kappa shape index (κ1) is 12.7. The summed E-state index contributed by atoms with van der Waals surface area (Å²) in [5.41, 5.74) is -0.702. The number of esters is 1. The van der Waals surface area contributed by atoms with Crippen molar-refractivity contribution in [3.05, 3.63) is 29.3 Å². The summed E-state index contributed by atoms with van der Waals surface area (Å²) in [6.07, 6.45) is -4.20. The number of fused-ring (bicyclic) bond motifs is 1. The van der Waals surface area contributed by atoms with Gasteiger partial charge in [0.25, 0.3) is 0 Å². The zero-order valence-electron chi connectivity index (χ0n) is 9.89. The van der Waals surface area contributed by atoms with Crippen LogP contribution >= 0.6 is 0 Å². The van der Waals surface area contributed by atoms with E-state index in [1.165, 1.54) is 13.2 Å². The van der Waals surface area contributed by atoms with Gasteiger partial charge < -0.3 is 10.1 Å². The summed E-state index contributed by atoms with van der Waals surface area (Å²) >= 11 is 0. The minimum Gasteiger partial charge on any atom is -0.467 e. The Hall–Kier alpha value is -1.72. The third-order valence-electron chi connectivity index (χ3n) is 3.02. The van der Waals surface area contributed by atoms with Gasteiger partial charge in [0, 0.05) is 12.1 Å². The molecule has 0 saturated heterocycles. The van der Waals surface area contributed by atoms with Crippen LogP contribution in [0.25, 0.3) is 0 Å². The number of nitrogens with one attached hydrogen (secondary N) is 1. The first-order valence-corrected chi connectivity index (χ1v) is 5.33. The Kier molecular flexibility index (Phi) is 2.76. The molecule has 0 saturated carbocycles. The lowest BCUT2D eigenvalue weighted by Crippen LogP contribution is -2.42. The number of halogens is 3. The number of alkyl halides is 3. The Bertz CT molecular complexity index is 499. The predicted molar refractivity (Wildman–Crippen MR) is 59.2 cm³/mol. The van der Waals surface area contributed by atoms with Crippen molar-refractivity contribution >= 4 is 11.7 Å². The molecule has 1 aromatic rings. The number of anilines is 1. The van der Waals surface area contributed by atoms with Crippen LogP contribution in [0.2, 0.25) is 0 Å². The predicted octanol–water partition coefficient (Wildman–Crippen LogP) is 2.61. The smallest absolute Gasteiger partial charge is 0.416 e. The normalized spacial score (nSPS) is 22.3. The van der Waals surface area contributed by atoms with E-state index in [0.29, 0.717) is 11.3 Å². The highest BCUT2D eigenvalue weighted by atomic mass is 19.4. The number of hydrogen-bond donors (Lipinski definition) is 1. The molecule has 0 aliphatic carbocycles. The molecule has 1 aliphatic heterocycles. The van der Waals surface area contributed by atoms with Crippen LogP contribution in [0.5, 0.6) is 0 Å². The summed E-state index contributed by atoms with van der Waals surface area (Å²) in [6.45, 7) is 1.60. The first-order valence-electron chi connectivity index (χ1n) is 5.33. The quantitative estimate of drug-likeness (QED) is 0.788. The van der Waals surface area contributed by atoms with Gasteiger partial charge in [0.05, 0.1) is 12.7 Å². The van der Waals surface area contributed by atoms with Crippen LogP contribution in [-0.4, -0.2) is 18.6 Å². The van der Waals surface area contributed by atoms with Crippen LogP contribution in [0, 0.1) is 0 Å². The maximum atomic E-state index is 12.6. The molecule has 3 nitrogen and oxygen atoms in total. The Balaban J connectivity index is 2.34. The fourth-order valence-corrected chi connectivity index (χ4v) is 2.11. The topological polar surface area (TPSA) is 38.3 Å². The zero-order chi connectivity index (χ0) is 13.6. The van der Waals surface area contributed by atoms with Crippen LogP contribution in [0.3, 0.4) is 0 Å². The van der Waals surface area contributed by atoms with Crippen molar-refractivity contribution in [3.63, 3.8) is 0 Å². The van der Waals surface area contributed by atoms with Crippen molar-refractivity contribution in [2.75, 3.05) is 12.4 Å². The van der Waals surface area contributed by atoms with E-state index < -0.39 is 23.2 Å². The van der Waals surface area contributed by atoms with Gasteiger partial charge in [-0.2, -0.15) is 13.2 Å². The van der Waals surface area contributed by atoms with Crippen molar-refractivity contribution in [2.24, 2.45) is 0 Å². The third kappa shape index (κ3) is 2.02. The highest BCUT2D eigenvalue weighted by Crippen LogP contribution is 2.37. The Morgan fingerprint density at radius 1 is 1.44 bits per heavy atom. The molecule has 2 rings (SSSR count). The summed E-state index contributed by atoms with van der Waals surface area (Å²) in [6, 6.07) is 3.40. The lowest BCUT2D eigenvalue weighted by molar-refractivity contribution is -0.145. The molecule has 0 radical (unpaired) electrons. The van der Waals surface area contributed by atoms with Crippen LogP contribution in [0.1, 0.15) is 18.1 Å². The molecular weight excluding hydrogens is 247 g/mol. The van der Waals surface area contributed by atoms with E-state index in [1.807, 2.05) is 0 Å². The number of rotatable bonds is 1. The molecule has 18 heavy (non-hydrogen) atoms. The fourth-order valence-electron chi connectivity index (χ4n) is 2.11. The average Bonchev–Trinajstić information content (AvgIpc) is 2.63.